The van der Waals surface area contributed by atoms with Crippen molar-refractivity contribution in [2.45, 2.75) is 56.3 Å². The fraction of sp³-hybridized carbons (Fsp3) is 1.00. The second kappa shape index (κ2) is 5.35. The van der Waals surface area contributed by atoms with Crippen LogP contribution in [0, 0.1) is 0 Å². The Morgan fingerprint density at radius 3 is 1.53 bits per heavy atom. The van der Waals surface area contributed by atoms with Gasteiger partial charge in [-0.15, -0.1) is 0 Å². The lowest BCUT2D eigenvalue weighted by molar-refractivity contribution is -0.341. The molecule has 0 unspecified atom stereocenters. The highest BCUT2D eigenvalue weighted by atomic mass is 19.4. The molecule has 0 bridgehead atoms. The van der Waals surface area contributed by atoms with Crippen molar-refractivity contribution >= 4 is 0 Å². The molecule has 0 heterocycles. The van der Waals surface area contributed by atoms with Crippen LogP contribution in [0.2, 0.25) is 0 Å². The Morgan fingerprint density at radius 2 is 1.21 bits per heavy atom. The van der Waals surface area contributed by atoms with Crippen LogP contribution < -0.4 is 0 Å². The van der Waals surface area contributed by atoms with E-state index in [-0.39, 0.29) is 0 Å². The van der Waals surface area contributed by atoms with E-state index < -0.39 is 49.4 Å². The zero-order valence-electron chi connectivity index (χ0n) is 9.48. The first kappa shape index (κ1) is 18.3. The van der Waals surface area contributed by atoms with E-state index in [0.717, 1.165) is 6.92 Å². The molecule has 0 saturated carbocycles. The summed E-state index contributed by atoms with van der Waals surface area (Å²) < 4.78 is 124. The summed E-state index contributed by atoms with van der Waals surface area (Å²) in [5.74, 6) is -22.2. The van der Waals surface area contributed by atoms with E-state index in [0.29, 0.717) is 0 Å². The van der Waals surface area contributed by atoms with E-state index in [9.17, 15) is 43.9 Å². The molecule has 0 aliphatic rings. The second-order valence-corrected chi connectivity index (χ2v) is 3.91. The molecule has 0 aromatic heterocycles. The van der Waals surface area contributed by atoms with Gasteiger partial charge in [0.05, 0.1) is 0 Å². The summed E-state index contributed by atoms with van der Waals surface area (Å²) in [6.45, 7) is 0.865. The van der Waals surface area contributed by atoms with Gasteiger partial charge in [-0.3, -0.25) is 0 Å². The average Bonchev–Trinajstić information content (AvgIpc) is 2.26. The van der Waals surface area contributed by atoms with E-state index in [2.05, 4.69) is 0 Å². The molecule has 0 amide bonds. The van der Waals surface area contributed by atoms with Gasteiger partial charge in [0, 0.05) is 19.3 Å². The Kier molecular flexibility index (Phi) is 5.16. The maximum Gasteiger partial charge on any atom is 0.377 e. The summed E-state index contributed by atoms with van der Waals surface area (Å²) >= 11 is 0. The first-order valence-corrected chi connectivity index (χ1v) is 5.00. The molecule has 0 N–H and O–H groups in total. The van der Waals surface area contributed by atoms with Gasteiger partial charge >= 0.3 is 24.2 Å². The Hall–Kier alpha value is -0.700. The van der Waals surface area contributed by atoms with Crippen molar-refractivity contribution in [3.05, 3.63) is 0 Å². The molecule has 0 spiro atoms. The van der Waals surface area contributed by atoms with Crippen molar-refractivity contribution in [3.8, 4) is 0 Å². The third-order valence-electron chi connectivity index (χ3n) is 2.47. The monoisotopic (exact) mass is 308 g/mol. The highest BCUT2D eigenvalue weighted by molar-refractivity contribution is 4.98. The summed E-state index contributed by atoms with van der Waals surface area (Å²) in [6.07, 6.45) is -10.2. The lowest BCUT2D eigenvalue weighted by Gasteiger charge is -2.32. The number of rotatable bonds is 7. The van der Waals surface area contributed by atoms with Crippen LogP contribution in [-0.4, -0.2) is 30.1 Å². The molecule has 0 radical (unpaired) electrons. The maximum absolute atomic E-state index is 12.8. The molecule has 10 heteroatoms. The van der Waals surface area contributed by atoms with Gasteiger partial charge in [-0.05, 0) is 0 Å². The largest absolute Gasteiger partial charge is 0.377 e. The van der Waals surface area contributed by atoms with Crippen molar-refractivity contribution in [1.29, 1.82) is 0 Å². The standard InChI is InChI=1S/C9H10F10/c1-2-6(12,13)3-4-7(14,15)9(18,19)8(16,17)5(10)11/h5H,2-4H2,1H3. The van der Waals surface area contributed by atoms with Gasteiger partial charge in [0.2, 0.25) is 5.92 Å². The summed E-state index contributed by atoms with van der Waals surface area (Å²) in [7, 11) is 0. The molecule has 0 saturated heterocycles. The van der Waals surface area contributed by atoms with Crippen LogP contribution in [0.4, 0.5) is 43.9 Å². The Morgan fingerprint density at radius 1 is 0.789 bits per heavy atom. The molecule has 19 heavy (non-hydrogen) atoms. The fourth-order valence-corrected chi connectivity index (χ4v) is 1.05. The minimum absolute atomic E-state index is 0.865. The summed E-state index contributed by atoms with van der Waals surface area (Å²) in [6, 6.07) is 0. The van der Waals surface area contributed by atoms with Crippen molar-refractivity contribution < 1.29 is 43.9 Å². The molecule has 0 nitrogen and oxygen atoms in total. The van der Waals surface area contributed by atoms with E-state index in [1.54, 1.807) is 0 Å². The molecule has 0 aromatic carbocycles. The molecule has 0 atom stereocenters. The smallest absolute Gasteiger partial charge is 0.207 e. The number of hydrogen-bond acceptors (Lipinski definition) is 0. The van der Waals surface area contributed by atoms with E-state index in [4.69, 9.17) is 0 Å². The van der Waals surface area contributed by atoms with Gasteiger partial charge in [-0.25, -0.2) is 17.6 Å². The van der Waals surface area contributed by atoms with Gasteiger partial charge in [0.15, 0.2) is 0 Å². The van der Waals surface area contributed by atoms with Crippen LogP contribution in [0.15, 0.2) is 0 Å². The van der Waals surface area contributed by atoms with Crippen LogP contribution in [0.5, 0.6) is 0 Å². The summed E-state index contributed by atoms with van der Waals surface area (Å²) in [5, 5.41) is 0. The lowest BCUT2D eigenvalue weighted by atomic mass is 9.98. The van der Waals surface area contributed by atoms with Crippen LogP contribution in [0.1, 0.15) is 26.2 Å². The highest BCUT2D eigenvalue weighted by Gasteiger charge is 2.75. The maximum atomic E-state index is 12.8. The molecule has 0 aromatic rings. The van der Waals surface area contributed by atoms with Crippen molar-refractivity contribution in [3.63, 3.8) is 0 Å². The third-order valence-corrected chi connectivity index (χ3v) is 2.47. The minimum atomic E-state index is -6.42. The Bertz CT molecular complexity index is 295. The molecule has 0 aliphatic carbocycles. The van der Waals surface area contributed by atoms with E-state index in [1.165, 1.54) is 0 Å². The second-order valence-electron chi connectivity index (χ2n) is 3.91. The summed E-state index contributed by atoms with van der Waals surface area (Å²) in [5.41, 5.74) is 0. The zero-order chi connectivity index (χ0) is 15.7. The van der Waals surface area contributed by atoms with Gasteiger partial charge in [-0.1, -0.05) is 6.92 Å². The van der Waals surface area contributed by atoms with Gasteiger partial charge in [0.1, 0.15) is 0 Å². The molecule has 0 aliphatic heterocycles. The topological polar surface area (TPSA) is 0 Å². The normalized spacial score (nSPS) is 15.2. The molecule has 0 rings (SSSR count). The molecule has 116 valence electrons. The first-order chi connectivity index (χ1) is 8.21. The molecular formula is C9H10F10. The molecule has 0 fully saturated rings. The third kappa shape index (κ3) is 3.65. The zero-order valence-corrected chi connectivity index (χ0v) is 9.48. The number of hydrogen-bond donors (Lipinski definition) is 0. The van der Waals surface area contributed by atoms with E-state index in [1.807, 2.05) is 0 Å². The van der Waals surface area contributed by atoms with Crippen molar-refractivity contribution in [1.82, 2.24) is 0 Å². The highest BCUT2D eigenvalue weighted by Crippen LogP contribution is 2.51. The van der Waals surface area contributed by atoms with Crippen LogP contribution >= 0.6 is 0 Å². The summed E-state index contributed by atoms with van der Waals surface area (Å²) in [4.78, 5) is 0. The average molecular weight is 308 g/mol. The predicted molar refractivity (Wildman–Crippen MR) is 45.3 cm³/mol. The predicted octanol–water partition coefficient (Wildman–Crippen LogP) is 4.98. The van der Waals surface area contributed by atoms with E-state index >= 15 is 0 Å². The number of halogens is 10. The molecular weight excluding hydrogens is 298 g/mol. The van der Waals surface area contributed by atoms with Crippen LogP contribution in [0.3, 0.4) is 0 Å². The van der Waals surface area contributed by atoms with Gasteiger partial charge in [0.25, 0.3) is 0 Å². The van der Waals surface area contributed by atoms with Crippen LogP contribution in [-0.2, 0) is 0 Å². The lowest BCUT2D eigenvalue weighted by Crippen LogP contribution is -2.57. The van der Waals surface area contributed by atoms with Crippen LogP contribution in [0.25, 0.3) is 0 Å². The minimum Gasteiger partial charge on any atom is -0.207 e. The Labute approximate surface area is 101 Å². The Balaban J connectivity index is 5.08. The van der Waals surface area contributed by atoms with Crippen molar-refractivity contribution in [2.24, 2.45) is 0 Å². The quantitative estimate of drug-likeness (QED) is 0.582. The van der Waals surface area contributed by atoms with Gasteiger partial charge in [-0.2, -0.15) is 26.3 Å². The van der Waals surface area contributed by atoms with Gasteiger partial charge < -0.3 is 0 Å². The first-order valence-electron chi connectivity index (χ1n) is 5.00. The fourth-order valence-electron chi connectivity index (χ4n) is 1.05. The SMILES string of the molecule is CCC(F)(F)CCC(F)(F)C(F)(F)C(F)(F)C(F)F. The number of alkyl halides is 10. The van der Waals surface area contributed by atoms with Crippen molar-refractivity contribution in [2.75, 3.05) is 0 Å².